The molecule has 8 heteroatoms. The van der Waals surface area contributed by atoms with Crippen molar-refractivity contribution in [2.75, 3.05) is 6.61 Å². The number of carbonyl (C=O) groups is 1. The minimum absolute atomic E-state index is 0.252. The van der Waals surface area contributed by atoms with Crippen LogP contribution in [0.15, 0.2) is 53.3 Å². The molecular formula is C19H13Cl2N3O3. The Kier molecular flexibility index (Phi) is 4.83. The Morgan fingerprint density at radius 2 is 1.96 bits per heavy atom. The third kappa shape index (κ3) is 3.97. The summed E-state index contributed by atoms with van der Waals surface area (Å²) in [5, 5.41) is 0.975. The summed E-state index contributed by atoms with van der Waals surface area (Å²) >= 11 is 12.1. The van der Waals surface area contributed by atoms with Gasteiger partial charge in [0.2, 0.25) is 5.89 Å². The molecule has 0 saturated carbocycles. The summed E-state index contributed by atoms with van der Waals surface area (Å²) in [7, 11) is 0. The number of rotatable bonds is 5. The Hall–Kier alpha value is -2.83. The lowest BCUT2D eigenvalue weighted by Crippen LogP contribution is -2.08. The smallest absolute Gasteiger partial charge is 0.338 e. The Morgan fingerprint density at radius 1 is 1.15 bits per heavy atom. The van der Waals surface area contributed by atoms with Crippen LogP contribution in [0.4, 0.5) is 0 Å². The average Bonchev–Trinajstić information content (AvgIpc) is 3.29. The molecule has 0 fully saturated rings. The van der Waals surface area contributed by atoms with Crippen LogP contribution in [0, 0.1) is 0 Å². The van der Waals surface area contributed by atoms with Gasteiger partial charge < -0.3 is 14.1 Å². The molecule has 4 rings (SSSR count). The maximum absolute atomic E-state index is 12.2. The second-order valence-corrected chi connectivity index (χ2v) is 6.70. The van der Waals surface area contributed by atoms with E-state index in [1.54, 1.807) is 48.9 Å². The van der Waals surface area contributed by atoms with Crippen molar-refractivity contribution in [2.45, 2.75) is 6.42 Å². The molecule has 0 spiro atoms. The molecule has 0 aliphatic heterocycles. The average molecular weight is 402 g/mol. The number of fused-ring (bicyclic) bond motifs is 1. The minimum atomic E-state index is -0.430. The fraction of sp³-hybridized carbons (Fsp3) is 0.105. The minimum Gasteiger partial charge on any atom is -0.462 e. The van der Waals surface area contributed by atoms with E-state index in [2.05, 4.69) is 15.0 Å². The molecule has 0 unspecified atom stereocenters. The number of H-pyrrole nitrogens is 1. The first-order valence-corrected chi connectivity index (χ1v) is 8.85. The zero-order chi connectivity index (χ0) is 18.8. The van der Waals surface area contributed by atoms with Crippen LogP contribution < -0.4 is 0 Å². The lowest BCUT2D eigenvalue weighted by molar-refractivity contribution is 0.0508. The Morgan fingerprint density at radius 3 is 2.70 bits per heavy atom. The number of benzene rings is 2. The third-order valence-corrected chi connectivity index (χ3v) is 4.33. The van der Waals surface area contributed by atoms with Gasteiger partial charge in [-0.05, 0) is 36.4 Å². The van der Waals surface area contributed by atoms with Crippen LogP contribution >= 0.6 is 23.2 Å². The number of halogens is 2. The summed E-state index contributed by atoms with van der Waals surface area (Å²) in [6.45, 7) is 0.252. The number of carbonyl (C=O) groups excluding carboxylic acids is 1. The maximum atomic E-state index is 12.2. The molecule has 4 aromatic rings. The summed E-state index contributed by atoms with van der Waals surface area (Å²) in [5.41, 5.74) is 3.05. The van der Waals surface area contributed by atoms with Gasteiger partial charge in [-0.3, -0.25) is 0 Å². The monoisotopic (exact) mass is 401 g/mol. The van der Waals surface area contributed by atoms with Crippen molar-refractivity contribution in [3.8, 4) is 11.5 Å². The molecule has 0 bridgehead atoms. The molecule has 136 valence electrons. The number of esters is 1. The van der Waals surface area contributed by atoms with Gasteiger partial charge in [0.15, 0.2) is 5.58 Å². The predicted octanol–water partition coefficient (Wildman–Crippen LogP) is 4.92. The van der Waals surface area contributed by atoms with Gasteiger partial charge in [-0.25, -0.2) is 14.8 Å². The lowest BCUT2D eigenvalue weighted by Gasteiger charge is -2.03. The molecule has 27 heavy (non-hydrogen) atoms. The van der Waals surface area contributed by atoms with Gasteiger partial charge in [0.1, 0.15) is 5.52 Å². The number of hydrogen-bond acceptors (Lipinski definition) is 5. The molecule has 0 radical (unpaired) electrons. The van der Waals surface area contributed by atoms with Crippen LogP contribution in [0.2, 0.25) is 10.0 Å². The molecule has 2 aromatic carbocycles. The molecule has 1 N–H and O–H groups in total. The van der Waals surface area contributed by atoms with Gasteiger partial charge in [0, 0.05) is 33.9 Å². The van der Waals surface area contributed by atoms with Crippen LogP contribution in [0.25, 0.3) is 22.6 Å². The number of nitrogens with one attached hydrogen (secondary N) is 1. The summed E-state index contributed by atoms with van der Waals surface area (Å²) in [6.07, 6.45) is 3.84. The van der Waals surface area contributed by atoms with Gasteiger partial charge in [0.25, 0.3) is 0 Å². The molecule has 2 heterocycles. The maximum Gasteiger partial charge on any atom is 0.338 e. The Balaban J connectivity index is 1.52. The molecule has 2 aromatic heterocycles. The number of aromatic nitrogens is 3. The van der Waals surface area contributed by atoms with Gasteiger partial charge in [-0.15, -0.1) is 0 Å². The van der Waals surface area contributed by atoms with E-state index in [4.69, 9.17) is 32.4 Å². The first kappa shape index (κ1) is 17.6. The summed E-state index contributed by atoms with van der Waals surface area (Å²) in [6, 6.07) is 10.0. The summed E-state index contributed by atoms with van der Waals surface area (Å²) < 4.78 is 11.1. The SMILES string of the molecule is O=C(OCCc1cnc[nH]1)c1ccc2nc(-c3cc(Cl)cc(Cl)c3)oc2c1. The molecule has 0 amide bonds. The van der Waals surface area contributed by atoms with Gasteiger partial charge in [-0.1, -0.05) is 23.2 Å². The van der Waals surface area contributed by atoms with Gasteiger partial charge in [-0.2, -0.15) is 0 Å². The highest BCUT2D eigenvalue weighted by molar-refractivity contribution is 6.35. The molecular weight excluding hydrogens is 389 g/mol. The fourth-order valence-corrected chi connectivity index (χ4v) is 3.14. The van der Waals surface area contributed by atoms with Crippen molar-refractivity contribution in [1.29, 1.82) is 0 Å². The van der Waals surface area contributed by atoms with Crippen LogP contribution in [-0.2, 0) is 11.2 Å². The van der Waals surface area contributed by atoms with Crippen molar-refractivity contribution < 1.29 is 13.9 Å². The quantitative estimate of drug-likeness (QED) is 0.479. The van der Waals surface area contributed by atoms with Crippen molar-refractivity contribution >= 4 is 40.3 Å². The lowest BCUT2D eigenvalue weighted by atomic mass is 10.2. The first-order valence-electron chi connectivity index (χ1n) is 8.10. The normalized spacial score (nSPS) is 11.0. The second kappa shape index (κ2) is 7.42. The number of hydrogen-bond donors (Lipinski definition) is 1. The van der Waals surface area contributed by atoms with Crippen LogP contribution in [0.1, 0.15) is 16.1 Å². The Bertz CT molecular complexity index is 1090. The molecule has 0 atom stereocenters. The molecule has 0 aliphatic carbocycles. The number of nitrogens with zero attached hydrogens (tertiary/aromatic N) is 2. The second-order valence-electron chi connectivity index (χ2n) is 5.82. The van der Waals surface area contributed by atoms with E-state index in [9.17, 15) is 4.79 Å². The first-order chi connectivity index (χ1) is 13.1. The van der Waals surface area contributed by atoms with E-state index in [-0.39, 0.29) is 6.61 Å². The van der Waals surface area contributed by atoms with Crippen LogP contribution in [0.5, 0.6) is 0 Å². The van der Waals surface area contributed by atoms with Crippen molar-refractivity contribution in [2.24, 2.45) is 0 Å². The largest absolute Gasteiger partial charge is 0.462 e. The number of ether oxygens (including phenoxy) is 1. The zero-order valence-corrected chi connectivity index (χ0v) is 15.4. The van der Waals surface area contributed by atoms with Crippen LogP contribution in [0.3, 0.4) is 0 Å². The standard InChI is InChI=1S/C19H13Cl2N3O3/c20-13-5-12(6-14(21)8-13)18-24-16-2-1-11(7-17(16)27-18)19(25)26-4-3-15-9-22-10-23-15/h1-2,5-10H,3-4H2,(H,22,23). The summed E-state index contributed by atoms with van der Waals surface area (Å²) in [4.78, 5) is 23.5. The number of aromatic amines is 1. The molecule has 0 saturated heterocycles. The van der Waals surface area contributed by atoms with Gasteiger partial charge in [0.05, 0.1) is 18.5 Å². The van der Waals surface area contributed by atoms with Crippen LogP contribution in [-0.4, -0.2) is 27.5 Å². The topological polar surface area (TPSA) is 81.0 Å². The Labute approximate surface area is 164 Å². The highest BCUT2D eigenvalue weighted by Crippen LogP contribution is 2.29. The van der Waals surface area contributed by atoms with Gasteiger partial charge >= 0.3 is 5.97 Å². The van der Waals surface area contributed by atoms with E-state index >= 15 is 0 Å². The van der Waals surface area contributed by atoms with Crippen molar-refractivity contribution in [3.05, 3.63) is 70.2 Å². The van der Waals surface area contributed by atoms with Crippen molar-refractivity contribution in [3.63, 3.8) is 0 Å². The van der Waals surface area contributed by atoms with E-state index in [0.29, 0.717) is 44.6 Å². The summed E-state index contributed by atoms with van der Waals surface area (Å²) in [5.74, 6) is -0.0562. The van der Waals surface area contributed by atoms with Crippen molar-refractivity contribution in [1.82, 2.24) is 15.0 Å². The number of oxazole rings is 1. The van der Waals surface area contributed by atoms with E-state index in [0.717, 1.165) is 5.69 Å². The zero-order valence-electron chi connectivity index (χ0n) is 13.9. The van der Waals surface area contributed by atoms with E-state index in [1.807, 2.05) is 0 Å². The third-order valence-electron chi connectivity index (χ3n) is 3.89. The molecule has 0 aliphatic rings. The van der Waals surface area contributed by atoms with E-state index < -0.39 is 5.97 Å². The predicted molar refractivity (Wildman–Crippen MR) is 102 cm³/mol. The highest BCUT2D eigenvalue weighted by atomic mass is 35.5. The number of imidazole rings is 1. The molecule has 6 nitrogen and oxygen atoms in total. The highest BCUT2D eigenvalue weighted by Gasteiger charge is 2.14. The fourth-order valence-electron chi connectivity index (χ4n) is 2.61. The van der Waals surface area contributed by atoms with E-state index in [1.165, 1.54) is 0 Å².